The Labute approximate surface area is 93.2 Å². The maximum absolute atomic E-state index is 5.97. The summed E-state index contributed by atoms with van der Waals surface area (Å²) in [6.07, 6.45) is 8.32. The van der Waals surface area contributed by atoms with E-state index in [1.807, 2.05) is 0 Å². The van der Waals surface area contributed by atoms with Crippen molar-refractivity contribution < 1.29 is 0 Å². The topological polar surface area (TPSA) is 26.0 Å². The van der Waals surface area contributed by atoms with Gasteiger partial charge in [-0.15, -0.1) is 0 Å². The summed E-state index contributed by atoms with van der Waals surface area (Å²) in [5.41, 5.74) is 5.97. The second-order valence-corrected chi connectivity index (χ2v) is 6.49. The molecule has 14 heavy (non-hydrogen) atoms. The number of thioether (sulfide) groups is 1. The Hall–Kier alpha value is 0.310. The Balaban J connectivity index is 2.45. The van der Waals surface area contributed by atoms with Gasteiger partial charge in [0.15, 0.2) is 0 Å². The molecule has 1 rings (SSSR count). The highest BCUT2D eigenvalue weighted by Crippen LogP contribution is 2.38. The van der Waals surface area contributed by atoms with Crippen molar-refractivity contribution in [1.82, 2.24) is 0 Å². The van der Waals surface area contributed by atoms with Crippen LogP contribution in [0.4, 0.5) is 0 Å². The minimum atomic E-state index is 0.431. The van der Waals surface area contributed by atoms with E-state index in [9.17, 15) is 0 Å². The molecule has 1 aliphatic rings. The molecular weight excluding hydrogens is 190 g/mol. The minimum absolute atomic E-state index is 0.431. The molecule has 0 amide bonds. The Morgan fingerprint density at radius 1 is 1.14 bits per heavy atom. The summed E-state index contributed by atoms with van der Waals surface area (Å²) >= 11 is 2.14. The Morgan fingerprint density at radius 2 is 1.71 bits per heavy atom. The number of nitrogens with two attached hydrogens (primary N) is 1. The van der Waals surface area contributed by atoms with Crippen molar-refractivity contribution in [3.63, 3.8) is 0 Å². The second-order valence-electron chi connectivity index (χ2n) is 5.01. The molecule has 0 heterocycles. The molecule has 0 aromatic heterocycles. The molecule has 0 saturated heterocycles. The van der Waals surface area contributed by atoms with Gasteiger partial charge in [-0.3, -0.25) is 0 Å². The first-order valence-corrected chi connectivity index (χ1v) is 7.01. The molecule has 0 atom stereocenters. The third-order valence-corrected chi connectivity index (χ3v) is 5.13. The van der Waals surface area contributed by atoms with Crippen LogP contribution in [0, 0.1) is 5.92 Å². The molecule has 0 spiro atoms. The van der Waals surface area contributed by atoms with E-state index in [1.54, 1.807) is 0 Å². The molecule has 1 nitrogen and oxygen atoms in total. The lowest BCUT2D eigenvalue weighted by molar-refractivity contribution is 0.519. The highest BCUT2D eigenvalue weighted by Gasteiger charge is 2.29. The summed E-state index contributed by atoms with van der Waals surface area (Å²) in [4.78, 5) is 0. The van der Waals surface area contributed by atoms with Crippen LogP contribution >= 0.6 is 11.8 Å². The number of hydrogen-bond acceptors (Lipinski definition) is 2. The van der Waals surface area contributed by atoms with Gasteiger partial charge in [0.2, 0.25) is 0 Å². The molecule has 0 bridgehead atoms. The number of hydrogen-bond donors (Lipinski definition) is 1. The van der Waals surface area contributed by atoms with Crippen LogP contribution in [0.25, 0.3) is 0 Å². The molecule has 1 aliphatic carbocycles. The summed E-state index contributed by atoms with van der Waals surface area (Å²) < 4.78 is 0.431. The normalized spacial score (nSPS) is 22.3. The molecule has 84 valence electrons. The van der Waals surface area contributed by atoms with Gasteiger partial charge in [-0.1, -0.05) is 39.5 Å². The predicted octanol–water partition coefficient (Wildman–Crippen LogP) is 3.43. The summed E-state index contributed by atoms with van der Waals surface area (Å²) in [5.74, 6) is 2.07. The zero-order valence-electron chi connectivity index (χ0n) is 9.72. The standard InChI is InChI=1S/C12H25NS/c1-11(2)9-14-12(10-13)7-5-3-4-6-8-12/h11H,3-10,13H2,1-2H3. The van der Waals surface area contributed by atoms with Crippen LogP contribution in [0.15, 0.2) is 0 Å². The molecule has 0 aliphatic heterocycles. The van der Waals surface area contributed by atoms with Crippen molar-refractivity contribution in [2.24, 2.45) is 11.7 Å². The van der Waals surface area contributed by atoms with Crippen molar-refractivity contribution in [3.05, 3.63) is 0 Å². The van der Waals surface area contributed by atoms with Crippen molar-refractivity contribution >= 4 is 11.8 Å². The van der Waals surface area contributed by atoms with E-state index < -0.39 is 0 Å². The predicted molar refractivity (Wildman–Crippen MR) is 66.8 cm³/mol. The fourth-order valence-electron chi connectivity index (χ4n) is 2.12. The average molecular weight is 215 g/mol. The third kappa shape index (κ3) is 3.82. The molecule has 0 radical (unpaired) electrons. The van der Waals surface area contributed by atoms with Crippen LogP contribution in [0.2, 0.25) is 0 Å². The van der Waals surface area contributed by atoms with Gasteiger partial charge in [-0.2, -0.15) is 11.8 Å². The lowest BCUT2D eigenvalue weighted by Gasteiger charge is -2.31. The van der Waals surface area contributed by atoms with E-state index >= 15 is 0 Å². The van der Waals surface area contributed by atoms with Gasteiger partial charge in [-0.25, -0.2) is 0 Å². The smallest absolute Gasteiger partial charge is 0.0282 e. The number of rotatable bonds is 4. The first-order valence-electron chi connectivity index (χ1n) is 6.02. The fourth-order valence-corrected chi connectivity index (χ4v) is 3.51. The Morgan fingerprint density at radius 3 is 2.14 bits per heavy atom. The molecule has 2 heteroatoms. The monoisotopic (exact) mass is 215 g/mol. The second kappa shape index (κ2) is 6.02. The molecular formula is C12H25NS. The molecule has 0 unspecified atom stereocenters. The van der Waals surface area contributed by atoms with Crippen LogP contribution in [0.3, 0.4) is 0 Å². The van der Waals surface area contributed by atoms with Gasteiger partial charge in [-0.05, 0) is 24.5 Å². The largest absolute Gasteiger partial charge is 0.329 e. The molecule has 2 N–H and O–H groups in total. The first-order chi connectivity index (χ1) is 6.68. The molecule has 0 aromatic rings. The first kappa shape index (κ1) is 12.4. The van der Waals surface area contributed by atoms with E-state index in [-0.39, 0.29) is 0 Å². The van der Waals surface area contributed by atoms with Crippen molar-refractivity contribution in [2.45, 2.75) is 57.1 Å². The van der Waals surface area contributed by atoms with Gasteiger partial charge in [0, 0.05) is 11.3 Å². The summed E-state index contributed by atoms with van der Waals surface area (Å²) in [5, 5.41) is 0. The van der Waals surface area contributed by atoms with E-state index in [0.29, 0.717) is 4.75 Å². The lowest BCUT2D eigenvalue weighted by Crippen LogP contribution is -2.34. The Kier molecular flexibility index (Phi) is 5.32. The van der Waals surface area contributed by atoms with E-state index in [1.165, 1.54) is 44.3 Å². The highest BCUT2D eigenvalue weighted by atomic mass is 32.2. The van der Waals surface area contributed by atoms with Crippen molar-refractivity contribution in [3.8, 4) is 0 Å². The van der Waals surface area contributed by atoms with Gasteiger partial charge in [0.25, 0.3) is 0 Å². The summed E-state index contributed by atoms with van der Waals surface area (Å²) in [7, 11) is 0. The van der Waals surface area contributed by atoms with Crippen LogP contribution in [0.1, 0.15) is 52.4 Å². The summed E-state index contributed by atoms with van der Waals surface area (Å²) in [6.45, 7) is 5.48. The van der Waals surface area contributed by atoms with Gasteiger partial charge in [0.05, 0.1) is 0 Å². The van der Waals surface area contributed by atoms with Crippen molar-refractivity contribution in [2.75, 3.05) is 12.3 Å². The lowest BCUT2D eigenvalue weighted by atomic mass is 9.99. The zero-order chi connectivity index (χ0) is 10.4. The minimum Gasteiger partial charge on any atom is -0.329 e. The maximum Gasteiger partial charge on any atom is 0.0282 e. The van der Waals surface area contributed by atoms with E-state index in [2.05, 4.69) is 25.6 Å². The quantitative estimate of drug-likeness (QED) is 0.727. The van der Waals surface area contributed by atoms with Crippen molar-refractivity contribution in [1.29, 1.82) is 0 Å². The molecule has 1 saturated carbocycles. The van der Waals surface area contributed by atoms with Gasteiger partial charge in [0.1, 0.15) is 0 Å². The third-order valence-electron chi connectivity index (χ3n) is 3.11. The fraction of sp³-hybridized carbons (Fsp3) is 1.00. The maximum atomic E-state index is 5.97. The zero-order valence-corrected chi connectivity index (χ0v) is 10.5. The Bertz CT molecular complexity index is 148. The molecule has 1 fully saturated rings. The van der Waals surface area contributed by atoms with Crippen LogP contribution < -0.4 is 5.73 Å². The van der Waals surface area contributed by atoms with Crippen LogP contribution in [0.5, 0.6) is 0 Å². The van der Waals surface area contributed by atoms with Gasteiger partial charge < -0.3 is 5.73 Å². The van der Waals surface area contributed by atoms with E-state index in [4.69, 9.17) is 5.73 Å². The summed E-state index contributed by atoms with van der Waals surface area (Å²) in [6, 6.07) is 0. The van der Waals surface area contributed by atoms with Crippen LogP contribution in [-0.4, -0.2) is 17.0 Å². The van der Waals surface area contributed by atoms with Crippen LogP contribution in [-0.2, 0) is 0 Å². The highest BCUT2D eigenvalue weighted by molar-refractivity contribution is 8.00. The molecule has 0 aromatic carbocycles. The van der Waals surface area contributed by atoms with Gasteiger partial charge >= 0.3 is 0 Å². The van der Waals surface area contributed by atoms with E-state index in [0.717, 1.165) is 12.5 Å². The SMILES string of the molecule is CC(C)CSC1(CN)CCCCCC1. The average Bonchev–Trinajstić information content (AvgIpc) is 2.41.